The van der Waals surface area contributed by atoms with Crippen LogP contribution in [0.4, 0.5) is 0 Å². The summed E-state index contributed by atoms with van der Waals surface area (Å²) >= 11 is 5.01. The maximum Gasteiger partial charge on any atom is 0.0701 e. The van der Waals surface area contributed by atoms with Crippen molar-refractivity contribution in [1.29, 1.82) is 0 Å². The molecule has 2 nitrogen and oxygen atoms in total. The SMILES string of the molecule is CCC(N)CS(=O)Cc1ccc(Br)s1. The van der Waals surface area contributed by atoms with Crippen LogP contribution in [0.15, 0.2) is 15.9 Å². The number of hydrogen-bond donors (Lipinski definition) is 1. The Kier molecular flexibility index (Phi) is 5.30. The van der Waals surface area contributed by atoms with Gasteiger partial charge in [0.25, 0.3) is 0 Å². The molecule has 0 aromatic carbocycles. The van der Waals surface area contributed by atoms with Crippen molar-refractivity contribution in [1.82, 2.24) is 0 Å². The van der Waals surface area contributed by atoms with Gasteiger partial charge in [-0.25, -0.2) is 0 Å². The Morgan fingerprint density at radius 3 is 2.86 bits per heavy atom. The second-order valence-electron chi connectivity index (χ2n) is 3.12. The molecule has 0 fully saturated rings. The van der Waals surface area contributed by atoms with Crippen LogP contribution < -0.4 is 5.73 Å². The zero-order chi connectivity index (χ0) is 10.6. The van der Waals surface area contributed by atoms with E-state index in [9.17, 15) is 4.21 Å². The fourth-order valence-corrected chi connectivity index (χ4v) is 4.16. The number of thiophene rings is 1. The molecule has 0 saturated carbocycles. The maximum absolute atomic E-state index is 11.6. The molecule has 0 spiro atoms. The third-order valence-corrected chi connectivity index (χ3v) is 5.10. The molecule has 14 heavy (non-hydrogen) atoms. The zero-order valence-corrected chi connectivity index (χ0v) is 11.3. The van der Waals surface area contributed by atoms with E-state index >= 15 is 0 Å². The molecule has 1 heterocycles. The Hall–Kier alpha value is 0.290. The van der Waals surface area contributed by atoms with Gasteiger partial charge < -0.3 is 5.73 Å². The summed E-state index contributed by atoms with van der Waals surface area (Å²) in [6.45, 7) is 2.02. The van der Waals surface area contributed by atoms with E-state index in [4.69, 9.17) is 5.73 Å². The first-order valence-corrected chi connectivity index (χ1v) is 7.56. The van der Waals surface area contributed by atoms with Gasteiger partial charge in [0, 0.05) is 27.5 Å². The maximum atomic E-state index is 11.6. The molecule has 0 aliphatic heterocycles. The average molecular weight is 296 g/mol. The van der Waals surface area contributed by atoms with Crippen molar-refractivity contribution in [2.45, 2.75) is 25.1 Å². The third kappa shape index (κ3) is 4.21. The normalized spacial score (nSPS) is 15.4. The van der Waals surface area contributed by atoms with Crippen LogP contribution in [-0.2, 0) is 16.6 Å². The van der Waals surface area contributed by atoms with Crippen LogP contribution in [0.2, 0.25) is 0 Å². The first kappa shape index (κ1) is 12.4. The van der Waals surface area contributed by atoms with Crippen molar-refractivity contribution in [2.75, 3.05) is 5.75 Å². The Balaban J connectivity index is 2.41. The quantitative estimate of drug-likeness (QED) is 0.907. The molecule has 0 radical (unpaired) electrons. The van der Waals surface area contributed by atoms with Crippen LogP contribution in [0.1, 0.15) is 18.2 Å². The summed E-state index contributed by atoms with van der Waals surface area (Å²) < 4.78 is 12.7. The summed E-state index contributed by atoms with van der Waals surface area (Å²) in [5, 5.41) is 0. The van der Waals surface area contributed by atoms with Gasteiger partial charge in [0.05, 0.1) is 9.54 Å². The monoisotopic (exact) mass is 295 g/mol. The van der Waals surface area contributed by atoms with Gasteiger partial charge in [-0.05, 0) is 34.5 Å². The lowest BCUT2D eigenvalue weighted by Crippen LogP contribution is -2.26. The van der Waals surface area contributed by atoms with Gasteiger partial charge in [-0.15, -0.1) is 11.3 Å². The van der Waals surface area contributed by atoms with E-state index < -0.39 is 10.8 Å². The summed E-state index contributed by atoms with van der Waals surface area (Å²) in [4.78, 5) is 1.15. The van der Waals surface area contributed by atoms with E-state index in [1.165, 1.54) is 0 Å². The zero-order valence-electron chi connectivity index (χ0n) is 8.03. The lowest BCUT2D eigenvalue weighted by atomic mass is 10.3. The van der Waals surface area contributed by atoms with Crippen molar-refractivity contribution >= 4 is 38.1 Å². The number of rotatable bonds is 5. The van der Waals surface area contributed by atoms with Gasteiger partial charge in [-0.2, -0.15) is 0 Å². The van der Waals surface area contributed by atoms with Gasteiger partial charge in [0.2, 0.25) is 0 Å². The van der Waals surface area contributed by atoms with Crippen molar-refractivity contribution in [3.8, 4) is 0 Å². The summed E-state index contributed by atoms with van der Waals surface area (Å²) in [5.41, 5.74) is 5.73. The molecule has 1 aromatic heterocycles. The molecular weight excluding hydrogens is 282 g/mol. The molecule has 80 valence electrons. The molecule has 2 N–H and O–H groups in total. The van der Waals surface area contributed by atoms with Crippen molar-refractivity contribution in [3.63, 3.8) is 0 Å². The van der Waals surface area contributed by atoms with E-state index in [-0.39, 0.29) is 6.04 Å². The highest BCUT2D eigenvalue weighted by Gasteiger charge is 2.08. The minimum atomic E-state index is -0.823. The van der Waals surface area contributed by atoms with E-state index in [2.05, 4.69) is 15.9 Å². The predicted molar refractivity (Wildman–Crippen MR) is 67.0 cm³/mol. The van der Waals surface area contributed by atoms with E-state index in [1.807, 2.05) is 19.1 Å². The Morgan fingerprint density at radius 2 is 2.36 bits per heavy atom. The number of nitrogens with two attached hydrogens (primary N) is 1. The lowest BCUT2D eigenvalue weighted by molar-refractivity contribution is 0.663. The summed E-state index contributed by atoms with van der Waals surface area (Å²) in [5.74, 6) is 1.23. The number of hydrogen-bond acceptors (Lipinski definition) is 3. The molecule has 5 heteroatoms. The van der Waals surface area contributed by atoms with Crippen LogP contribution in [0.5, 0.6) is 0 Å². The van der Waals surface area contributed by atoms with Gasteiger partial charge in [0.1, 0.15) is 0 Å². The van der Waals surface area contributed by atoms with Crippen molar-refractivity contribution < 1.29 is 4.21 Å². The van der Waals surface area contributed by atoms with Crippen LogP contribution in [0, 0.1) is 0 Å². The highest BCUT2D eigenvalue weighted by molar-refractivity contribution is 9.11. The van der Waals surface area contributed by atoms with Gasteiger partial charge in [-0.1, -0.05) is 6.92 Å². The third-order valence-electron chi connectivity index (χ3n) is 1.86. The standard InChI is InChI=1S/C9H14BrNOS2/c1-2-7(11)5-14(12)6-8-3-4-9(10)13-8/h3-4,7H,2,5-6,11H2,1H3. The molecule has 1 aromatic rings. The van der Waals surface area contributed by atoms with Crippen LogP contribution >= 0.6 is 27.3 Å². The number of halogens is 1. The first-order valence-electron chi connectivity index (χ1n) is 4.46. The highest BCUT2D eigenvalue weighted by Crippen LogP contribution is 2.23. The van der Waals surface area contributed by atoms with Gasteiger partial charge >= 0.3 is 0 Å². The van der Waals surface area contributed by atoms with E-state index in [1.54, 1.807) is 11.3 Å². The average Bonchev–Trinajstić information content (AvgIpc) is 2.50. The Labute approximate surface area is 99.5 Å². The second kappa shape index (κ2) is 6.00. The predicted octanol–water partition coefficient (Wildman–Crippen LogP) is 2.50. The van der Waals surface area contributed by atoms with Crippen molar-refractivity contribution in [3.05, 3.63) is 20.8 Å². The summed E-state index contributed by atoms with van der Waals surface area (Å²) in [6.07, 6.45) is 0.889. The Morgan fingerprint density at radius 1 is 1.64 bits per heavy atom. The molecule has 0 saturated heterocycles. The van der Waals surface area contributed by atoms with Crippen molar-refractivity contribution in [2.24, 2.45) is 5.73 Å². The van der Waals surface area contributed by atoms with Crippen LogP contribution in [0.25, 0.3) is 0 Å². The molecule has 0 amide bonds. The lowest BCUT2D eigenvalue weighted by Gasteiger charge is -2.06. The Bertz CT molecular complexity index is 314. The van der Waals surface area contributed by atoms with Gasteiger partial charge in [-0.3, -0.25) is 4.21 Å². The highest BCUT2D eigenvalue weighted by atomic mass is 79.9. The second-order valence-corrected chi connectivity index (χ2v) is 7.17. The minimum Gasteiger partial charge on any atom is -0.327 e. The smallest absolute Gasteiger partial charge is 0.0701 e. The fourth-order valence-electron chi connectivity index (χ4n) is 1.00. The summed E-state index contributed by atoms with van der Waals surface area (Å²) in [6, 6.07) is 4.06. The molecule has 0 bridgehead atoms. The van der Waals surface area contributed by atoms with Crippen LogP contribution in [-0.4, -0.2) is 16.0 Å². The molecule has 2 unspecified atom stereocenters. The van der Waals surface area contributed by atoms with Crippen LogP contribution in [0.3, 0.4) is 0 Å². The largest absolute Gasteiger partial charge is 0.327 e. The topological polar surface area (TPSA) is 43.1 Å². The molecule has 2 atom stereocenters. The first-order chi connectivity index (χ1) is 6.61. The molecule has 0 aliphatic rings. The fraction of sp³-hybridized carbons (Fsp3) is 0.556. The van der Waals surface area contributed by atoms with E-state index in [0.29, 0.717) is 11.5 Å². The van der Waals surface area contributed by atoms with E-state index in [0.717, 1.165) is 15.1 Å². The van der Waals surface area contributed by atoms with Gasteiger partial charge in [0.15, 0.2) is 0 Å². The molecule has 1 rings (SSSR count). The molecular formula is C9H14BrNOS2. The summed E-state index contributed by atoms with van der Waals surface area (Å²) in [7, 11) is -0.823. The minimum absolute atomic E-state index is 0.0687. The molecule has 0 aliphatic carbocycles.